The first-order chi connectivity index (χ1) is 7.75. The summed E-state index contributed by atoms with van der Waals surface area (Å²) >= 11 is 0. The Morgan fingerprint density at radius 3 is 2.94 bits per heavy atom. The van der Waals surface area contributed by atoms with E-state index in [1.807, 2.05) is 37.2 Å². The summed E-state index contributed by atoms with van der Waals surface area (Å²) in [7, 11) is 3.95. The summed E-state index contributed by atoms with van der Waals surface area (Å²) in [5.41, 5.74) is 1.04. The van der Waals surface area contributed by atoms with Crippen LogP contribution in [0.4, 0.5) is 11.6 Å². The van der Waals surface area contributed by atoms with Gasteiger partial charge in [-0.25, -0.2) is 9.97 Å². The number of H-pyrrole nitrogens is 1. The number of pyridine rings is 1. The molecule has 0 spiro atoms. The molecule has 5 nitrogen and oxygen atoms in total. The minimum atomic E-state index is 0.698. The van der Waals surface area contributed by atoms with Crippen molar-refractivity contribution in [1.29, 1.82) is 0 Å². The van der Waals surface area contributed by atoms with Crippen molar-refractivity contribution in [3.8, 4) is 0 Å². The Kier molecular flexibility index (Phi) is 3.05. The normalized spacial score (nSPS) is 10.1. The van der Waals surface area contributed by atoms with Crippen molar-refractivity contribution in [2.45, 2.75) is 6.54 Å². The van der Waals surface area contributed by atoms with Crippen LogP contribution in [0.15, 0.2) is 30.7 Å². The van der Waals surface area contributed by atoms with Gasteiger partial charge in [0.2, 0.25) is 0 Å². The third-order valence-electron chi connectivity index (χ3n) is 2.21. The van der Waals surface area contributed by atoms with Crippen LogP contribution in [0.25, 0.3) is 0 Å². The van der Waals surface area contributed by atoms with E-state index in [4.69, 9.17) is 0 Å². The van der Waals surface area contributed by atoms with Gasteiger partial charge < -0.3 is 15.2 Å². The maximum Gasteiger partial charge on any atom is 0.130 e. The zero-order valence-corrected chi connectivity index (χ0v) is 9.44. The highest BCUT2D eigenvalue weighted by Crippen LogP contribution is 2.11. The van der Waals surface area contributed by atoms with Gasteiger partial charge in [0.1, 0.15) is 11.6 Å². The molecular weight excluding hydrogens is 202 g/mol. The van der Waals surface area contributed by atoms with Gasteiger partial charge in [-0.2, -0.15) is 0 Å². The number of nitrogens with zero attached hydrogens (tertiary/aromatic N) is 3. The highest BCUT2D eigenvalue weighted by atomic mass is 15.2. The summed E-state index contributed by atoms with van der Waals surface area (Å²) < 4.78 is 0. The number of aromatic nitrogens is 3. The molecule has 0 aliphatic heterocycles. The van der Waals surface area contributed by atoms with Gasteiger partial charge in [0.25, 0.3) is 0 Å². The molecule has 2 N–H and O–H groups in total. The lowest BCUT2D eigenvalue weighted by atomic mass is 10.4. The van der Waals surface area contributed by atoms with Crippen LogP contribution in [0.1, 0.15) is 5.69 Å². The van der Waals surface area contributed by atoms with Gasteiger partial charge in [0, 0.05) is 20.3 Å². The Labute approximate surface area is 94.5 Å². The summed E-state index contributed by atoms with van der Waals surface area (Å²) in [4.78, 5) is 13.4. The highest BCUT2D eigenvalue weighted by molar-refractivity contribution is 5.46. The van der Waals surface area contributed by atoms with E-state index in [2.05, 4.69) is 20.3 Å². The predicted octanol–water partition coefficient (Wildman–Crippen LogP) is 1.48. The minimum Gasteiger partial charge on any atom is -0.364 e. The van der Waals surface area contributed by atoms with Crippen LogP contribution < -0.4 is 10.2 Å². The molecule has 0 aliphatic carbocycles. The largest absolute Gasteiger partial charge is 0.364 e. The summed E-state index contributed by atoms with van der Waals surface area (Å²) in [5, 5.41) is 3.23. The van der Waals surface area contributed by atoms with E-state index in [-0.39, 0.29) is 0 Å². The Hall–Kier alpha value is -2.04. The van der Waals surface area contributed by atoms with E-state index in [1.54, 1.807) is 12.5 Å². The second kappa shape index (κ2) is 4.65. The molecule has 0 amide bonds. The lowest BCUT2D eigenvalue weighted by Crippen LogP contribution is -2.11. The van der Waals surface area contributed by atoms with E-state index >= 15 is 0 Å². The smallest absolute Gasteiger partial charge is 0.130 e. The lowest BCUT2D eigenvalue weighted by molar-refractivity contribution is 1.03. The molecule has 0 aromatic carbocycles. The molecule has 0 radical (unpaired) electrons. The van der Waals surface area contributed by atoms with E-state index in [1.165, 1.54) is 0 Å². The van der Waals surface area contributed by atoms with Crippen molar-refractivity contribution < 1.29 is 0 Å². The molecule has 0 saturated heterocycles. The van der Waals surface area contributed by atoms with Gasteiger partial charge in [0.05, 0.1) is 18.6 Å². The van der Waals surface area contributed by atoms with E-state index in [0.29, 0.717) is 6.54 Å². The molecule has 0 fully saturated rings. The van der Waals surface area contributed by atoms with Crippen molar-refractivity contribution in [3.63, 3.8) is 0 Å². The van der Waals surface area contributed by atoms with E-state index < -0.39 is 0 Å². The van der Waals surface area contributed by atoms with Crippen molar-refractivity contribution in [3.05, 3.63) is 36.4 Å². The Balaban J connectivity index is 2.01. The molecule has 2 aromatic rings. The van der Waals surface area contributed by atoms with Crippen LogP contribution in [-0.2, 0) is 6.54 Å². The number of anilines is 2. The quantitative estimate of drug-likeness (QED) is 0.814. The van der Waals surface area contributed by atoms with Crippen LogP contribution in [0, 0.1) is 0 Å². The average molecular weight is 217 g/mol. The molecule has 2 rings (SSSR count). The number of imidazole rings is 1. The minimum absolute atomic E-state index is 0.698. The fourth-order valence-electron chi connectivity index (χ4n) is 1.34. The predicted molar refractivity (Wildman–Crippen MR) is 64.5 cm³/mol. The number of hydrogen-bond acceptors (Lipinski definition) is 4. The third-order valence-corrected chi connectivity index (χ3v) is 2.21. The molecule has 16 heavy (non-hydrogen) atoms. The molecule has 5 heteroatoms. The summed E-state index contributed by atoms with van der Waals surface area (Å²) in [6.45, 7) is 0.698. The van der Waals surface area contributed by atoms with Crippen molar-refractivity contribution in [1.82, 2.24) is 15.0 Å². The average Bonchev–Trinajstić information content (AvgIpc) is 2.79. The zero-order valence-electron chi connectivity index (χ0n) is 9.44. The highest BCUT2D eigenvalue weighted by Gasteiger charge is 1.99. The van der Waals surface area contributed by atoms with Crippen LogP contribution in [-0.4, -0.2) is 29.0 Å². The molecule has 0 saturated carbocycles. The molecule has 2 aromatic heterocycles. The van der Waals surface area contributed by atoms with Crippen molar-refractivity contribution >= 4 is 11.6 Å². The molecule has 0 unspecified atom stereocenters. The van der Waals surface area contributed by atoms with Crippen molar-refractivity contribution in [2.24, 2.45) is 0 Å². The first-order valence-corrected chi connectivity index (χ1v) is 5.11. The lowest BCUT2D eigenvalue weighted by Gasteiger charge is -2.12. The second-order valence-electron chi connectivity index (χ2n) is 3.71. The number of hydrogen-bond donors (Lipinski definition) is 2. The molecule has 0 bridgehead atoms. The first-order valence-electron chi connectivity index (χ1n) is 5.11. The van der Waals surface area contributed by atoms with Gasteiger partial charge in [0.15, 0.2) is 0 Å². The summed E-state index contributed by atoms with van der Waals surface area (Å²) in [6, 6.07) is 5.91. The van der Waals surface area contributed by atoms with Gasteiger partial charge >= 0.3 is 0 Å². The van der Waals surface area contributed by atoms with Crippen LogP contribution in [0.5, 0.6) is 0 Å². The summed E-state index contributed by atoms with van der Waals surface area (Å²) in [5.74, 6) is 1.80. The molecule has 84 valence electrons. The monoisotopic (exact) mass is 217 g/mol. The Morgan fingerprint density at radius 1 is 1.38 bits per heavy atom. The van der Waals surface area contributed by atoms with Crippen molar-refractivity contribution in [2.75, 3.05) is 24.3 Å². The molecular formula is C11H15N5. The Morgan fingerprint density at radius 2 is 2.25 bits per heavy atom. The zero-order chi connectivity index (χ0) is 11.4. The fraction of sp³-hybridized carbons (Fsp3) is 0.273. The number of aromatic amines is 1. The SMILES string of the molecule is CN(C)c1cccc(NCc2cnc[nH]2)n1. The molecule has 0 aliphatic rings. The topological polar surface area (TPSA) is 56.8 Å². The summed E-state index contributed by atoms with van der Waals surface area (Å²) in [6.07, 6.45) is 3.46. The molecule has 2 heterocycles. The molecule has 0 atom stereocenters. The van der Waals surface area contributed by atoms with E-state index in [0.717, 1.165) is 17.3 Å². The van der Waals surface area contributed by atoms with Gasteiger partial charge in [-0.1, -0.05) is 6.07 Å². The van der Waals surface area contributed by atoms with Gasteiger partial charge in [-0.15, -0.1) is 0 Å². The fourth-order valence-corrected chi connectivity index (χ4v) is 1.34. The Bertz CT molecular complexity index is 435. The van der Waals surface area contributed by atoms with Crippen LogP contribution >= 0.6 is 0 Å². The van der Waals surface area contributed by atoms with Gasteiger partial charge in [-0.05, 0) is 12.1 Å². The second-order valence-corrected chi connectivity index (χ2v) is 3.71. The number of nitrogens with one attached hydrogen (secondary N) is 2. The van der Waals surface area contributed by atoms with Crippen LogP contribution in [0.3, 0.4) is 0 Å². The van der Waals surface area contributed by atoms with Crippen LogP contribution in [0.2, 0.25) is 0 Å². The maximum absolute atomic E-state index is 4.45. The van der Waals surface area contributed by atoms with E-state index in [9.17, 15) is 0 Å². The maximum atomic E-state index is 4.45. The first kappa shape index (κ1) is 10.5. The standard InChI is InChI=1S/C11H15N5/c1-16(2)11-5-3-4-10(15-11)13-7-9-6-12-8-14-9/h3-6,8H,7H2,1-2H3,(H,12,14)(H,13,15). The third kappa shape index (κ3) is 2.50. The number of rotatable bonds is 4. The van der Waals surface area contributed by atoms with Gasteiger partial charge in [-0.3, -0.25) is 0 Å².